The molecular formula is C75H64N6O12. The number of carbonyl (C=O) groups is 9. The highest BCUT2D eigenvalue weighted by atomic mass is 16.5. The van der Waals surface area contributed by atoms with Gasteiger partial charge in [-0.1, -0.05) is 109 Å². The van der Waals surface area contributed by atoms with Crippen molar-refractivity contribution >= 4 is 129 Å². The van der Waals surface area contributed by atoms with Gasteiger partial charge in [0.15, 0.2) is 11.6 Å². The van der Waals surface area contributed by atoms with Crippen molar-refractivity contribution < 1.29 is 57.4 Å². The lowest BCUT2D eigenvalue weighted by Crippen LogP contribution is -2.13. The van der Waals surface area contributed by atoms with Gasteiger partial charge >= 0.3 is 17.9 Å². The topological polar surface area (TPSA) is 276 Å². The summed E-state index contributed by atoms with van der Waals surface area (Å²) in [6.07, 6.45) is 13.2. The average molecular weight is 1240 g/mol. The number of Topliss-reactive ketones (excluding diaryl/α,β-unsaturated/α-hetero) is 6. The molecule has 0 saturated heterocycles. The lowest BCUT2D eigenvalue weighted by atomic mass is 9.83. The van der Waals surface area contributed by atoms with E-state index in [2.05, 4.69) is 29.9 Å². The number of aryl methyl sites for hydroxylation is 3. The number of nitrogens with one attached hydrogen (secondary N) is 6. The van der Waals surface area contributed by atoms with E-state index in [9.17, 15) is 43.2 Å². The van der Waals surface area contributed by atoms with Gasteiger partial charge in [-0.25, -0.2) is 0 Å². The van der Waals surface area contributed by atoms with Crippen molar-refractivity contribution in [2.75, 3.05) is 21.3 Å². The average Bonchev–Trinajstić information content (AvgIpc) is 1.62. The summed E-state index contributed by atoms with van der Waals surface area (Å²) in [4.78, 5) is 132. The molecule has 3 aliphatic carbocycles. The van der Waals surface area contributed by atoms with Gasteiger partial charge in [-0.05, 0) is 76.4 Å². The van der Waals surface area contributed by atoms with Crippen molar-refractivity contribution in [3.63, 3.8) is 0 Å². The summed E-state index contributed by atoms with van der Waals surface area (Å²) >= 11 is 0. The summed E-state index contributed by atoms with van der Waals surface area (Å²) in [5.74, 6) is -3.43. The summed E-state index contributed by atoms with van der Waals surface area (Å²) in [5.41, 5.74) is 14.2. The van der Waals surface area contributed by atoms with Crippen molar-refractivity contribution in [1.29, 1.82) is 0 Å². The molecule has 2 fully saturated rings. The molecule has 2 saturated carbocycles. The number of ketones is 6. The third-order valence-corrected chi connectivity index (χ3v) is 18.5. The molecule has 6 aromatic heterocycles. The second-order valence-electron chi connectivity index (χ2n) is 23.7. The van der Waals surface area contributed by atoms with Gasteiger partial charge in [-0.15, -0.1) is 0 Å². The zero-order valence-electron chi connectivity index (χ0n) is 51.2. The molecule has 0 radical (unpaired) electrons. The Balaban J connectivity index is 0.000000127. The maximum Gasteiger partial charge on any atom is 0.305 e. The van der Waals surface area contributed by atoms with Crippen LogP contribution in [-0.4, -0.2) is 104 Å². The van der Waals surface area contributed by atoms with Crippen LogP contribution in [0.15, 0.2) is 165 Å². The molecule has 0 amide bonds. The molecule has 4 atom stereocenters. The van der Waals surface area contributed by atoms with Gasteiger partial charge in [-0.3, -0.25) is 43.2 Å². The van der Waals surface area contributed by atoms with E-state index in [0.717, 1.165) is 110 Å². The summed E-state index contributed by atoms with van der Waals surface area (Å²) in [6, 6.07) is 40.9. The Bertz CT molecular complexity index is 4850. The zero-order chi connectivity index (χ0) is 64.6. The minimum absolute atomic E-state index is 0.0454. The van der Waals surface area contributed by atoms with Gasteiger partial charge in [0.1, 0.15) is 23.1 Å². The molecule has 93 heavy (non-hydrogen) atoms. The zero-order valence-corrected chi connectivity index (χ0v) is 51.2. The predicted octanol–water partition coefficient (Wildman–Crippen LogP) is 12.5. The molecule has 18 nitrogen and oxygen atoms in total. The molecule has 3 aliphatic rings. The molecular weight excluding hydrogens is 1180 g/mol. The number of allylic oxidation sites excluding steroid dienone is 2. The highest BCUT2D eigenvalue weighted by molar-refractivity contribution is 6.52. The molecule has 6 heterocycles. The Kier molecular flexibility index (Phi) is 16.7. The van der Waals surface area contributed by atoms with Crippen molar-refractivity contribution in [3.05, 3.63) is 215 Å². The Labute approximate surface area is 531 Å². The van der Waals surface area contributed by atoms with Gasteiger partial charge in [0.25, 0.3) is 0 Å². The molecule has 6 N–H and O–H groups in total. The number of fused-ring (bicyclic) bond motifs is 6. The van der Waals surface area contributed by atoms with Crippen LogP contribution < -0.4 is 0 Å². The van der Waals surface area contributed by atoms with Crippen LogP contribution in [0, 0.1) is 0 Å². The molecule has 466 valence electrons. The van der Waals surface area contributed by atoms with Crippen molar-refractivity contribution in [2.24, 2.45) is 0 Å². The van der Waals surface area contributed by atoms with Crippen molar-refractivity contribution in [3.8, 4) is 0 Å². The first-order valence-corrected chi connectivity index (χ1v) is 30.8. The number of methoxy groups -OCH3 is 3. The Morgan fingerprint density at radius 2 is 0.645 bits per heavy atom. The van der Waals surface area contributed by atoms with Crippen LogP contribution >= 0.6 is 0 Å². The summed E-state index contributed by atoms with van der Waals surface area (Å²) < 4.78 is 14.3. The maximum absolute atomic E-state index is 13.0. The number of aromatic amines is 6. The van der Waals surface area contributed by atoms with Crippen LogP contribution in [0.5, 0.6) is 0 Å². The van der Waals surface area contributed by atoms with E-state index in [0.29, 0.717) is 36.0 Å². The first-order valence-electron chi connectivity index (χ1n) is 30.8. The molecule has 15 rings (SSSR count). The van der Waals surface area contributed by atoms with Crippen LogP contribution in [0.1, 0.15) is 112 Å². The fourth-order valence-corrected chi connectivity index (χ4v) is 14.1. The third kappa shape index (κ3) is 11.3. The maximum atomic E-state index is 13.0. The highest BCUT2D eigenvalue weighted by Gasteiger charge is 2.47. The second-order valence-corrected chi connectivity index (χ2v) is 23.7. The number of ether oxygens (including phenoxy) is 3. The van der Waals surface area contributed by atoms with Crippen LogP contribution in [-0.2, 0) is 76.6 Å². The number of hydrogen-bond donors (Lipinski definition) is 6. The minimum atomic E-state index is -0.531. The SMILES string of the molecule is COC(=O)CCc1cccc2c(C3=C(c4c[nH]c5ccccc45)C(=O)CC3=O)c[nH]c12.COC(=O)CCc1cccc2c([C@@H]3C(=O)CC(=O)[C@H]3c3c[nH]c4ccccc34)c[nH]c12.COC(=O)CCc1cccc2c([C@H]3C(=O)CC(=O)[C@@H]3c3c[nH]c4ccccc34)c[nH]c12. The van der Waals surface area contributed by atoms with Gasteiger partial charge < -0.3 is 44.1 Å². The van der Waals surface area contributed by atoms with Crippen molar-refractivity contribution in [2.45, 2.75) is 81.5 Å². The first-order chi connectivity index (χ1) is 45.2. The summed E-state index contributed by atoms with van der Waals surface area (Å²) in [5, 5.41) is 5.55. The molecule has 12 aromatic rings. The van der Waals surface area contributed by atoms with Gasteiger partial charge in [-0.2, -0.15) is 0 Å². The number of carbonyl (C=O) groups excluding carboxylic acids is 9. The minimum Gasteiger partial charge on any atom is -0.469 e. The quantitative estimate of drug-likeness (QED) is 0.0318. The lowest BCUT2D eigenvalue weighted by molar-refractivity contribution is -0.141. The molecule has 0 unspecified atom stereocenters. The monoisotopic (exact) mass is 1240 g/mol. The molecule has 0 bridgehead atoms. The number of rotatable bonds is 15. The van der Waals surface area contributed by atoms with Crippen molar-refractivity contribution in [1.82, 2.24) is 29.9 Å². The van der Waals surface area contributed by atoms with E-state index < -0.39 is 23.7 Å². The van der Waals surface area contributed by atoms with E-state index in [1.54, 1.807) is 12.4 Å². The largest absolute Gasteiger partial charge is 0.469 e. The van der Waals surface area contributed by atoms with E-state index in [-0.39, 0.29) is 91.1 Å². The van der Waals surface area contributed by atoms with Gasteiger partial charge in [0, 0.05) is 144 Å². The number of para-hydroxylation sites is 6. The Morgan fingerprint density at radius 1 is 0.344 bits per heavy atom. The lowest BCUT2D eigenvalue weighted by Gasteiger charge is -2.17. The van der Waals surface area contributed by atoms with Crippen LogP contribution in [0.3, 0.4) is 0 Å². The van der Waals surface area contributed by atoms with Crippen LogP contribution in [0.25, 0.3) is 76.6 Å². The highest BCUT2D eigenvalue weighted by Crippen LogP contribution is 2.48. The van der Waals surface area contributed by atoms with E-state index in [1.165, 1.54) is 21.3 Å². The fourth-order valence-electron chi connectivity index (χ4n) is 14.1. The second kappa shape index (κ2) is 25.5. The van der Waals surface area contributed by atoms with Crippen LogP contribution in [0.4, 0.5) is 0 Å². The Hall–Kier alpha value is -11.3. The Morgan fingerprint density at radius 3 is 1.06 bits per heavy atom. The predicted molar refractivity (Wildman–Crippen MR) is 352 cm³/mol. The fraction of sp³-hybridized carbons (Fsp3) is 0.213. The molecule has 0 spiro atoms. The number of esters is 3. The molecule has 0 aliphatic heterocycles. The third-order valence-electron chi connectivity index (χ3n) is 18.5. The first kappa shape index (κ1) is 60.6. The van der Waals surface area contributed by atoms with Gasteiger partial charge in [0.05, 0.1) is 64.3 Å². The molecule has 6 aromatic carbocycles. The summed E-state index contributed by atoms with van der Waals surface area (Å²) in [7, 11) is 4.13. The number of aromatic nitrogens is 6. The van der Waals surface area contributed by atoms with E-state index >= 15 is 0 Å². The number of hydrogen-bond acceptors (Lipinski definition) is 12. The number of H-pyrrole nitrogens is 6. The van der Waals surface area contributed by atoms with Crippen LogP contribution in [0.2, 0.25) is 0 Å². The number of benzene rings is 6. The normalized spacial score (nSPS) is 17.3. The van der Waals surface area contributed by atoms with E-state index in [1.807, 2.05) is 152 Å². The van der Waals surface area contributed by atoms with E-state index in [4.69, 9.17) is 14.2 Å². The summed E-state index contributed by atoms with van der Waals surface area (Å²) in [6.45, 7) is 0. The molecule has 18 heteroatoms. The smallest absolute Gasteiger partial charge is 0.305 e. The van der Waals surface area contributed by atoms with Gasteiger partial charge in [0.2, 0.25) is 0 Å². The standard InChI is InChI=1S/2C25H22N2O4.C25H20N2O4/c3*1-31-22(30)10-9-14-5-4-7-16-18(13-27-25(14)16)24-21(29)11-20(28)23(24)17-12-26-19-8-3-2-6-15(17)19/h2*2-8,12-13,23-24,26-27H,9-11H2,1H3;2-8,12-13,26-27H,9-11H2,1H3/t2*23-,24-;/m10./s1.